The highest BCUT2D eigenvalue weighted by Crippen LogP contribution is 2.15. The first kappa shape index (κ1) is 30.1. The van der Waals surface area contributed by atoms with E-state index in [1.165, 1.54) is 0 Å². The maximum absolute atomic E-state index is 12.1. The molecule has 7 nitrogen and oxygen atoms in total. The summed E-state index contributed by atoms with van der Waals surface area (Å²) in [4.78, 5) is 0.364. The molecule has 0 aromatic heterocycles. The third kappa shape index (κ3) is 12.1. The van der Waals surface area contributed by atoms with Gasteiger partial charge in [-0.2, -0.15) is 40.4 Å². The molecule has 196 valence electrons. The van der Waals surface area contributed by atoms with Crippen LogP contribution < -0.4 is 0 Å². The summed E-state index contributed by atoms with van der Waals surface area (Å²) in [6.07, 6.45) is 1.29. The SMILES string of the molecule is Cc1ccc(S(=O)(=O)OCCCSCCOCCSCCCOS(=O)(=O)c2ccc(C)cc2)cc1. The minimum atomic E-state index is -3.69. The number of hydrogen-bond acceptors (Lipinski definition) is 9. The Balaban J connectivity index is 1.39. The molecule has 0 radical (unpaired) electrons. The second-order valence-corrected chi connectivity index (χ2v) is 13.4. The van der Waals surface area contributed by atoms with Crippen molar-refractivity contribution in [1.82, 2.24) is 0 Å². The predicted octanol–water partition coefficient (Wildman–Crippen LogP) is 4.68. The van der Waals surface area contributed by atoms with E-state index in [9.17, 15) is 16.8 Å². The van der Waals surface area contributed by atoms with Crippen LogP contribution in [0, 0.1) is 13.8 Å². The summed E-state index contributed by atoms with van der Waals surface area (Å²) >= 11 is 3.40. The van der Waals surface area contributed by atoms with Crippen molar-refractivity contribution < 1.29 is 29.9 Å². The van der Waals surface area contributed by atoms with Crippen molar-refractivity contribution in [3.05, 3.63) is 59.7 Å². The molecule has 0 amide bonds. The zero-order valence-corrected chi connectivity index (χ0v) is 23.4. The zero-order chi connectivity index (χ0) is 25.6. The Bertz CT molecular complexity index is 980. The monoisotopic (exact) mass is 562 g/mol. The van der Waals surface area contributed by atoms with E-state index in [0.717, 1.165) is 34.1 Å². The average Bonchev–Trinajstić information content (AvgIpc) is 2.82. The second kappa shape index (κ2) is 15.9. The van der Waals surface area contributed by atoms with Crippen molar-refractivity contribution in [3.8, 4) is 0 Å². The molecule has 35 heavy (non-hydrogen) atoms. The van der Waals surface area contributed by atoms with Gasteiger partial charge in [0.25, 0.3) is 20.2 Å². The quantitative estimate of drug-likeness (QED) is 0.190. The van der Waals surface area contributed by atoms with Gasteiger partial charge in [0.05, 0.1) is 36.2 Å². The third-order valence-corrected chi connectivity index (χ3v) is 9.42. The van der Waals surface area contributed by atoms with E-state index in [-0.39, 0.29) is 23.0 Å². The molecule has 0 atom stereocenters. The fraction of sp³-hybridized carbons (Fsp3) is 0.500. The minimum Gasteiger partial charge on any atom is -0.380 e. The molecule has 0 fully saturated rings. The van der Waals surface area contributed by atoms with Crippen LogP contribution in [0.3, 0.4) is 0 Å². The summed E-state index contributed by atoms with van der Waals surface area (Å²) in [7, 11) is -7.38. The molecule has 0 unspecified atom stereocenters. The molecule has 0 aliphatic heterocycles. The number of rotatable bonds is 18. The molecule has 11 heteroatoms. The molecular weight excluding hydrogens is 529 g/mol. The lowest BCUT2D eigenvalue weighted by molar-refractivity contribution is 0.167. The van der Waals surface area contributed by atoms with Gasteiger partial charge in [0.1, 0.15) is 0 Å². The standard InChI is InChI=1S/C24H34O7S4/c1-21-5-9-23(10-6-21)34(25,26)30-13-3-17-32-19-15-29-16-20-33-18-4-14-31-35(27,28)24-11-7-22(2)8-12-24/h5-12H,3-4,13-20H2,1-2H3. The van der Waals surface area contributed by atoms with Gasteiger partial charge >= 0.3 is 0 Å². The molecule has 0 saturated heterocycles. The Morgan fingerprint density at radius 2 is 0.943 bits per heavy atom. The summed E-state index contributed by atoms with van der Waals surface area (Å²) in [6.45, 7) is 5.39. The summed E-state index contributed by atoms with van der Waals surface area (Å²) in [5.74, 6) is 3.26. The fourth-order valence-corrected chi connectivity index (χ4v) is 6.16. The molecule has 0 bridgehead atoms. The summed E-state index contributed by atoms with van der Waals surface area (Å²) in [5, 5.41) is 0. The smallest absolute Gasteiger partial charge is 0.296 e. The van der Waals surface area contributed by atoms with Crippen molar-refractivity contribution >= 4 is 43.8 Å². The lowest BCUT2D eigenvalue weighted by Gasteiger charge is -2.07. The van der Waals surface area contributed by atoms with Crippen molar-refractivity contribution in [2.24, 2.45) is 0 Å². The molecule has 0 heterocycles. The summed E-state index contributed by atoms with van der Waals surface area (Å²) in [6, 6.07) is 13.2. The Labute approximate surface area is 218 Å². The third-order valence-electron chi connectivity index (χ3n) is 4.71. The summed E-state index contributed by atoms with van der Waals surface area (Å²) < 4.78 is 64.1. The number of ether oxygens (including phenoxy) is 1. The molecule has 2 aromatic rings. The van der Waals surface area contributed by atoms with E-state index in [4.69, 9.17) is 13.1 Å². The molecule has 0 N–H and O–H groups in total. The second-order valence-electron chi connectivity index (χ2n) is 7.72. The molecule has 2 aromatic carbocycles. The molecule has 0 spiro atoms. The van der Waals surface area contributed by atoms with Crippen LogP contribution in [0.1, 0.15) is 24.0 Å². The van der Waals surface area contributed by atoms with E-state index in [2.05, 4.69) is 0 Å². The fourth-order valence-electron chi connectivity index (χ4n) is 2.75. The van der Waals surface area contributed by atoms with Gasteiger partial charge in [0.15, 0.2) is 0 Å². The van der Waals surface area contributed by atoms with Crippen LogP contribution in [0.4, 0.5) is 0 Å². The van der Waals surface area contributed by atoms with Gasteiger partial charge in [-0.3, -0.25) is 8.37 Å². The van der Waals surface area contributed by atoms with Crippen LogP contribution in [-0.2, 0) is 33.3 Å². The zero-order valence-electron chi connectivity index (χ0n) is 20.2. The summed E-state index contributed by atoms with van der Waals surface area (Å²) in [5.41, 5.74) is 2.00. The van der Waals surface area contributed by atoms with Crippen LogP contribution in [0.2, 0.25) is 0 Å². The average molecular weight is 563 g/mol. The van der Waals surface area contributed by atoms with Crippen LogP contribution in [0.15, 0.2) is 58.3 Å². The Morgan fingerprint density at radius 1 is 0.571 bits per heavy atom. The Hall–Kier alpha value is -1.08. The largest absolute Gasteiger partial charge is 0.380 e. The van der Waals surface area contributed by atoms with Crippen LogP contribution >= 0.6 is 23.5 Å². The van der Waals surface area contributed by atoms with Gasteiger partial charge in [-0.15, -0.1) is 0 Å². The van der Waals surface area contributed by atoms with Gasteiger partial charge in [0, 0.05) is 11.5 Å². The first-order valence-electron chi connectivity index (χ1n) is 11.4. The highest BCUT2D eigenvalue weighted by Gasteiger charge is 2.15. The Kier molecular flexibility index (Phi) is 13.7. The van der Waals surface area contributed by atoms with E-state index in [1.54, 1.807) is 72.1 Å². The van der Waals surface area contributed by atoms with Gasteiger partial charge in [0.2, 0.25) is 0 Å². The maximum atomic E-state index is 12.1. The van der Waals surface area contributed by atoms with E-state index in [0.29, 0.717) is 26.1 Å². The van der Waals surface area contributed by atoms with Crippen molar-refractivity contribution in [2.75, 3.05) is 49.4 Å². The van der Waals surface area contributed by atoms with Crippen LogP contribution in [-0.4, -0.2) is 66.3 Å². The highest BCUT2D eigenvalue weighted by molar-refractivity contribution is 7.99. The highest BCUT2D eigenvalue weighted by atomic mass is 32.2. The van der Waals surface area contributed by atoms with Crippen molar-refractivity contribution in [2.45, 2.75) is 36.5 Å². The number of benzene rings is 2. The number of hydrogen-bond donors (Lipinski definition) is 0. The predicted molar refractivity (Wildman–Crippen MR) is 143 cm³/mol. The van der Waals surface area contributed by atoms with E-state index in [1.807, 2.05) is 13.8 Å². The minimum absolute atomic E-state index is 0.163. The van der Waals surface area contributed by atoms with Gasteiger partial charge < -0.3 is 4.74 Å². The number of aryl methyl sites for hydroxylation is 2. The van der Waals surface area contributed by atoms with Crippen LogP contribution in [0.25, 0.3) is 0 Å². The van der Waals surface area contributed by atoms with Crippen molar-refractivity contribution in [1.29, 1.82) is 0 Å². The normalized spacial score (nSPS) is 12.2. The molecule has 0 aliphatic carbocycles. The number of thioether (sulfide) groups is 2. The van der Waals surface area contributed by atoms with E-state index >= 15 is 0 Å². The topological polar surface area (TPSA) is 96.0 Å². The van der Waals surface area contributed by atoms with Gasteiger partial charge in [-0.25, -0.2) is 0 Å². The van der Waals surface area contributed by atoms with Crippen LogP contribution in [0.5, 0.6) is 0 Å². The molecule has 2 rings (SSSR count). The first-order valence-corrected chi connectivity index (χ1v) is 16.5. The van der Waals surface area contributed by atoms with Crippen molar-refractivity contribution in [3.63, 3.8) is 0 Å². The molecule has 0 saturated carbocycles. The molecule has 0 aliphatic rings. The maximum Gasteiger partial charge on any atom is 0.296 e. The lowest BCUT2D eigenvalue weighted by Crippen LogP contribution is -2.09. The lowest BCUT2D eigenvalue weighted by atomic mass is 10.2. The van der Waals surface area contributed by atoms with E-state index < -0.39 is 20.2 Å². The Morgan fingerprint density at radius 3 is 1.31 bits per heavy atom. The van der Waals surface area contributed by atoms with Gasteiger partial charge in [-0.1, -0.05) is 35.4 Å². The van der Waals surface area contributed by atoms with Gasteiger partial charge in [-0.05, 0) is 62.5 Å². The molecular formula is C24H34O7S4. The first-order chi connectivity index (χ1) is 16.7.